The third-order valence-corrected chi connectivity index (χ3v) is 4.02. The number of methoxy groups -OCH3 is 1. The van der Waals surface area contributed by atoms with Crippen molar-refractivity contribution in [1.29, 1.82) is 0 Å². The number of hydrogen-bond donors (Lipinski definition) is 1. The molecule has 0 saturated heterocycles. The molecule has 29 heavy (non-hydrogen) atoms. The first-order valence-corrected chi connectivity index (χ1v) is 8.85. The van der Waals surface area contributed by atoms with Crippen LogP contribution in [0.25, 0.3) is 0 Å². The molecule has 0 aliphatic carbocycles. The first-order valence-electron chi connectivity index (χ1n) is 8.47. The van der Waals surface area contributed by atoms with Crippen molar-refractivity contribution in [2.45, 2.75) is 26.1 Å². The fourth-order valence-electron chi connectivity index (χ4n) is 2.23. The van der Waals surface area contributed by atoms with Crippen molar-refractivity contribution in [2.75, 3.05) is 12.4 Å². The van der Waals surface area contributed by atoms with E-state index in [-0.39, 0.29) is 17.1 Å². The maximum atomic E-state index is 12.3. The van der Waals surface area contributed by atoms with E-state index in [2.05, 4.69) is 5.32 Å². The van der Waals surface area contributed by atoms with Crippen LogP contribution in [0.1, 0.15) is 13.8 Å². The second kappa shape index (κ2) is 9.74. The average molecular weight is 423 g/mol. The minimum Gasteiger partial charge on any atom is -0.495 e. The number of nitro benzene ring substituents is 1. The molecule has 2 atom stereocenters. The lowest BCUT2D eigenvalue weighted by molar-refractivity contribution is -0.384. The van der Waals surface area contributed by atoms with Crippen LogP contribution in [-0.2, 0) is 14.3 Å². The highest BCUT2D eigenvalue weighted by Crippen LogP contribution is 2.29. The van der Waals surface area contributed by atoms with E-state index >= 15 is 0 Å². The van der Waals surface area contributed by atoms with E-state index < -0.39 is 29.0 Å². The van der Waals surface area contributed by atoms with Gasteiger partial charge in [-0.2, -0.15) is 0 Å². The third-order valence-electron chi connectivity index (χ3n) is 3.77. The summed E-state index contributed by atoms with van der Waals surface area (Å²) in [7, 11) is 1.36. The normalized spacial score (nSPS) is 12.4. The van der Waals surface area contributed by atoms with Gasteiger partial charge in [0.1, 0.15) is 11.5 Å². The molecule has 1 N–H and O–H groups in total. The van der Waals surface area contributed by atoms with Crippen LogP contribution in [0.15, 0.2) is 42.5 Å². The number of nitro groups is 1. The monoisotopic (exact) mass is 422 g/mol. The largest absolute Gasteiger partial charge is 0.495 e. The van der Waals surface area contributed by atoms with Gasteiger partial charge in [-0.25, -0.2) is 4.79 Å². The molecule has 9 nitrogen and oxygen atoms in total. The van der Waals surface area contributed by atoms with Crippen molar-refractivity contribution in [3.05, 3.63) is 57.6 Å². The molecule has 0 aromatic heterocycles. The molecule has 0 fully saturated rings. The highest BCUT2D eigenvalue weighted by Gasteiger charge is 2.24. The first-order chi connectivity index (χ1) is 13.7. The topological polar surface area (TPSA) is 117 Å². The van der Waals surface area contributed by atoms with E-state index in [1.165, 1.54) is 33.1 Å². The van der Waals surface area contributed by atoms with E-state index in [0.29, 0.717) is 10.8 Å². The van der Waals surface area contributed by atoms with Crippen molar-refractivity contribution < 1.29 is 28.7 Å². The highest BCUT2D eigenvalue weighted by atomic mass is 35.5. The smallest absolute Gasteiger partial charge is 0.347 e. The fourth-order valence-corrected chi connectivity index (χ4v) is 2.36. The van der Waals surface area contributed by atoms with Gasteiger partial charge >= 0.3 is 5.97 Å². The predicted octanol–water partition coefficient (Wildman–Crippen LogP) is 3.59. The molecule has 0 spiro atoms. The maximum absolute atomic E-state index is 12.3. The molecule has 0 bridgehead atoms. The minimum atomic E-state index is -1.18. The molecule has 2 aromatic carbocycles. The number of halogens is 1. The number of nitrogens with zero attached hydrogens (tertiary/aromatic N) is 1. The first kappa shape index (κ1) is 22.0. The van der Waals surface area contributed by atoms with Crippen LogP contribution in [0.4, 0.5) is 11.4 Å². The summed E-state index contributed by atoms with van der Waals surface area (Å²) in [6.07, 6.45) is -2.15. The zero-order valence-electron chi connectivity index (χ0n) is 15.9. The lowest BCUT2D eigenvalue weighted by Crippen LogP contribution is -2.35. The van der Waals surface area contributed by atoms with Gasteiger partial charge in [-0.3, -0.25) is 14.9 Å². The van der Waals surface area contributed by atoms with Crippen LogP contribution >= 0.6 is 11.6 Å². The Morgan fingerprint density at radius 3 is 2.34 bits per heavy atom. The summed E-state index contributed by atoms with van der Waals surface area (Å²) < 4.78 is 15.6. The third kappa shape index (κ3) is 6.08. The van der Waals surface area contributed by atoms with Crippen LogP contribution < -0.4 is 14.8 Å². The average Bonchev–Trinajstić information content (AvgIpc) is 2.69. The number of carbonyl (C=O) groups is 2. The molecule has 0 aliphatic rings. The Morgan fingerprint density at radius 2 is 1.76 bits per heavy atom. The van der Waals surface area contributed by atoms with Crippen molar-refractivity contribution in [2.24, 2.45) is 0 Å². The van der Waals surface area contributed by atoms with Crippen molar-refractivity contribution in [3.63, 3.8) is 0 Å². The summed E-state index contributed by atoms with van der Waals surface area (Å²) in [4.78, 5) is 34.8. The number of esters is 1. The van der Waals surface area contributed by atoms with Gasteiger partial charge in [0.05, 0.1) is 17.7 Å². The van der Waals surface area contributed by atoms with E-state index in [1.807, 2.05) is 0 Å². The van der Waals surface area contributed by atoms with Gasteiger partial charge in [-0.15, -0.1) is 0 Å². The Morgan fingerprint density at radius 1 is 1.10 bits per heavy atom. The molecule has 0 saturated carbocycles. The summed E-state index contributed by atoms with van der Waals surface area (Å²) >= 11 is 5.79. The molecule has 1 amide bonds. The van der Waals surface area contributed by atoms with Gasteiger partial charge in [0.15, 0.2) is 12.2 Å². The SMILES string of the molecule is COc1ccc([N+](=O)[O-])cc1NC(=O)C(C)OC(=O)C(C)Oc1ccc(Cl)cc1. The highest BCUT2D eigenvalue weighted by molar-refractivity contribution is 6.30. The number of carbonyl (C=O) groups excluding carboxylic acids is 2. The fraction of sp³-hybridized carbons (Fsp3) is 0.263. The maximum Gasteiger partial charge on any atom is 0.347 e. The Bertz CT molecular complexity index is 902. The van der Waals surface area contributed by atoms with Crippen molar-refractivity contribution in [1.82, 2.24) is 0 Å². The summed E-state index contributed by atoms with van der Waals surface area (Å²) in [5.74, 6) is -0.802. The lowest BCUT2D eigenvalue weighted by Gasteiger charge is -2.18. The van der Waals surface area contributed by atoms with Gasteiger partial charge in [-0.05, 0) is 44.2 Å². The number of benzene rings is 2. The molecule has 0 heterocycles. The zero-order chi connectivity index (χ0) is 21.6. The second-order valence-electron chi connectivity index (χ2n) is 5.92. The standard InChI is InChI=1S/C19H19ClN2O7/c1-11(29-19(24)12(2)28-15-7-4-13(20)5-8-15)18(23)21-16-10-14(22(25)26)6-9-17(16)27-3/h4-12H,1-3H3,(H,21,23). The second-order valence-corrected chi connectivity index (χ2v) is 6.36. The van der Waals surface area contributed by atoms with Crippen LogP contribution in [0, 0.1) is 10.1 Å². The number of nitrogens with one attached hydrogen (secondary N) is 1. The van der Waals surface area contributed by atoms with Crippen LogP contribution in [0.3, 0.4) is 0 Å². The van der Waals surface area contributed by atoms with Gasteiger partial charge in [-0.1, -0.05) is 11.6 Å². The van der Waals surface area contributed by atoms with E-state index in [1.54, 1.807) is 24.3 Å². The van der Waals surface area contributed by atoms with E-state index in [0.717, 1.165) is 6.07 Å². The molecule has 154 valence electrons. The van der Waals surface area contributed by atoms with Crippen LogP contribution in [-0.4, -0.2) is 36.1 Å². The number of rotatable bonds is 8. The summed E-state index contributed by atoms with van der Waals surface area (Å²) in [5, 5.41) is 13.9. The number of non-ortho nitro benzene ring substituents is 1. The van der Waals surface area contributed by atoms with Gasteiger partial charge in [0.25, 0.3) is 11.6 Å². The number of hydrogen-bond acceptors (Lipinski definition) is 7. The van der Waals surface area contributed by atoms with Crippen LogP contribution in [0.2, 0.25) is 5.02 Å². The number of ether oxygens (including phenoxy) is 3. The lowest BCUT2D eigenvalue weighted by atomic mass is 10.2. The quantitative estimate of drug-likeness (QED) is 0.392. The Hall–Kier alpha value is -3.33. The van der Waals surface area contributed by atoms with Crippen molar-refractivity contribution >= 4 is 34.9 Å². The molecule has 10 heteroatoms. The molecule has 0 aliphatic heterocycles. The zero-order valence-corrected chi connectivity index (χ0v) is 16.6. The summed E-state index contributed by atoms with van der Waals surface area (Å²) in [5.41, 5.74) is -0.143. The Kier molecular flexibility index (Phi) is 7.38. The van der Waals surface area contributed by atoms with Gasteiger partial charge in [0, 0.05) is 17.2 Å². The summed E-state index contributed by atoms with van der Waals surface area (Å²) in [6.45, 7) is 2.84. The van der Waals surface area contributed by atoms with Gasteiger partial charge in [0.2, 0.25) is 0 Å². The minimum absolute atomic E-state index is 0.0834. The number of amides is 1. The molecule has 2 aromatic rings. The Labute approximate surface area is 171 Å². The van der Waals surface area contributed by atoms with E-state index in [9.17, 15) is 19.7 Å². The summed E-state index contributed by atoms with van der Waals surface area (Å²) in [6, 6.07) is 10.2. The molecule has 2 rings (SSSR count). The van der Waals surface area contributed by atoms with Crippen molar-refractivity contribution in [3.8, 4) is 11.5 Å². The molecular formula is C19H19ClN2O7. The van der Waals surface area contributed by atoms with E-state index in [4.69, 9.17) is 25.8 Å². The van der Waals surface area contributed by atoms with Gasteiger partial charge < -0.3 is 19.5 Å². The Balaban J connectivity index is 1.99. The predicted molar refractivity (Wildman–Crippen MR) is 105 cm³/mol. The number of anilines is 1. The van der Waals surface area contributed by atoms with Crippen LogP contribution in [0.5, 0.6) is 11.5 Å². The molecule has 2 unspecified atom stereocenters. The molecular weight excluding hydrogens is 404 g/mol. The molecule has 0 radical (unpaired) electrons.